The Hall–Kier alpha value is -0.390. The Morgan fingerprint density at radius 1 is 1.11 bits per heavy atom. The van der Waals surface area contributed by atoms with Gasteiger partial charge < -0.3 is 0 Å². The maximum atomic E-state index is 12.0. The van der Waals surface area contributed by atoms with E-state index < -0.39 is 10.0 Å². The number of rotatable bonds is 4. The summed E-state index contributed by atoms with van der Waals surface area (Å²) in [5, 5.41) is 0. The van der Waals surface area contributed by atoms with Crippen LogP contribution in [0.3, 0.4) is 0 Å². The fourth-order valence-corrected chi connectivity index (χ4v) is 4.25. The SMILES string of the molecule is O=S(=O)(Cc1ccccc1)NC1CCC(Br)CC1. The van der Waals surface area contributed by atoms with Gasteiger partial charge in [-0.25, -0.2) is 13.1 Å². The Kier molecular flexibility index (Phi) is 4.81. The molecule has 0 heterocycles. The average molecular weight is 332 g/mol. The molecule has 0 spiro atoms. The number of sulfonamides is 1. The quantitative estimate of drug-likeness (QED) is 0.862. The van der Waals surface area contributed by atoms with Gasteiger partial charge in [0, 0.05) is 10.9 Å². The van der Waals surface area contributed by atoms with Crippen LogP contribution in [0.1, 0.15) is 31.2 Å². The molecule has 100 valence electrons. The Morgan fingerprint density at radius 2 is 1.72 bits per heavy atom. The molecule has 0 aromatic heterocycles. The van der Waals surface area contributed by atoms with Crippen LogP contribution in [0.5, 0.6) is 0 Å². The largest absolute Gasteiger partial charge is 0.216 e. The first-order valence-corrected chi connectivity index (χ1v) is 8.80. The summed E-state index contributed by atoms with van der Waals surface area (Å²) in [6.45, 7) is 0. The molecule has 2 rings (SSSR count). The molecule has 1 fully saturated rings. The number of hydrogen-bond acceptors (Lipinski definition) is 2. The highest BCUT2D eigenvalue weighted by molar-refractivity contribution is 9.09. The predicted molar refractivity (Wildman–Crippen MR) is 77.2 cm³/mol. The van der Waals surface area contributed by atoms with Gasteiger partial charge in [-0.1, -0.05) is 46.3 Å². The molecule has 0 bridgehead atoms. The standard InChI is InChI=1S/C13H18BrNO2S/c14-12-6-8-13(9-7-12)15-18(16,17)10-11-4-2-1-3-5-11/h1-5,12-13,15H,6-10H2. The second-order valence-corrected chi connectivity index (χ2v) is 7.86. The molecule has 1 N–H and O–H groups in total. The van der Waals surface area contributed by atoms with Crippen molar-refractivity contribution in [3.05, 3.63) is 35.9 Å². The Bertz CT molecular complexity index is 467. The van der Waals surface area contributed by atoms with Crippen LogP contribution in [0.15, 0.2) is 30.3 Å². The third-order valence-electron chi connectivity index (χ3n) is 3.20. The Morgan fingerprint density at radius 3 is 2.33 bits per heavy atom. The van der Waals surface area contributed by atoms with Crippen LogP contribution in [0.25, 0.3) is 0 Å². The number of halogens is 1. The van der Waals surface area contributed by atoms with Gasteiger partial charge in [-0.3, -0.25) is 0 Å². The second kappa shape index (κ2) is 6.17. The predicted octanol–water partition coefficient (Wildman–Crippen LogP) is 2.81. The summed E-state index contributed by atoms with van der Waals surface area (Å²) in [6, 6.07) is 9.40. The molecule has 0 saturated heterocycles. The van der Waals surface area contributed by atoms with E-state index in [-0.39, 0.29) is 11.8 Å². The molecule has 3 nitrogen and oxygen atoms in total. The highest BCUT2D eigenvalue weighted by atomic mass is 79.9. The van der Waals surface area contributed by atoms with E-state index in [4.69, 9.17) is 0 Å². The highest BCUT2D eigenvalue weighted by Gasteiger charge is 2.23. The van der Waals surface area contributed by atoms with Crippen LogP contribution in [0.4, 0.5) is 0 Å². The van der Waals surface area contributed by atoms with E-state index in [9.17, 15) is 8.42 Å². The Labute approximate surface area is 117 Å². The van der Waals surface area contributed by atoms with Crippen LogP contribution in [-0.2, 0) is 15.8 Å². The van der Waals surface area contributed by atoms with Crippen LogP contribution in [-0.4, -0.2) is 19.3 Å². The lowest BCUT2D eigenvalue weighted by atomic mass is 9.96. The maximum absolute atomic E-state index is 12.0. The first kappa shape index (κ1) is 14.0. The summed E-state index contributed by atoms with van der Waals surface area (Å²) < 4.78 is 26.9. The number of benzene rings is 1. The summed E-state index contributed by atoms with van der Waals surface area (Å²) >= 11 is 3.57. The topological polar surface area (TPSA) is 46.2 Å². The van der Waals surface area contributed by atoms with Gasteiger partial charge in [-0.15, -0.1) is 0 Å². The molecule has 0 atom stereocenters. The summed E-state index contributed by atoms with van der Waals surface area (Å²) in [7, 11) is -3.22. The lowest BCUT2D eigenvalue weighted by Gasteiger charge is -2.25. The van der Waals surface area contributed by atoms with Gasteiger partial charge in [0.25, 0.3) is 0 Å². The van der Waals surface area contributed by atoms with Crippen LogP contribution in [0, 0.1) is 0 Å². The minimum absolute atomic E-state index is 0.0715. The third kappa shape index (κ3) is 4.37. The number of nitrogens with one attached hydrogen (secondary N) is 1. The first-order valence-electron chi connectivity index (χ1n) is 6.23. The molecule has 0 amide bonds. The molecule has 1 aromatic rings. The zero-order valence-electron chi connectivity index (χ0n) is 10.2. The molecule has 18 heavy (non-hydrogen) atoms. The normalized spacial score (nSPS) is 24.9. The molecule has 0 unspecified atom stereocenters. The molecule has 1 aliphatic carbocycles. The molecule has 1 saturated carbocycles. The van der Waals surface area contributed by atoms with Crippen molar-refractivity contribution in [3.8, 4) is 0 Å². The van der Waals surface area contributed by atoms with E-state index in [0.717, 1.165) is 31.2 Å². The lowest BCUT2D eigenvalue weighted by Crippen LogP contribution is -2.38. The van der Waals surface area contributed by atoms with E-state index in [1.165, 1.54) is 0 Å². The molecule has 0 radical (unpaired) electrons. The van der Waals surface area contributed by atoms with Crippen molar-refractivity contribution >= 4 is 26.0 Å². The van der Waals surface area contributed by atoms with E-state index in [1.807, 2.05) is 30.3 Å². The van der Waals surface area contributed by atoms with Crippen molar-refractivity contribution in [3.63, 3.8) is 0 Å². The molecule has 5 heteroatoms. The summed E-state index contributed by atoms with van der Waals surface area (Å²) in [4.78, 5) is 0.548. The fraction of sp³-hybridized carbons (Fsp3) is 0.538. The van der Waals surface area contributed by atoms with E-state index in [1.54, 1.807) is 0 Å². The minimum atomic E-state index is -3.22. The van der Waals surface area contributed by atoms with Gasteiger partial charge in [-0.05, 0) is 31.2 Å². The van der Waals surface area contributed by atoms with Crippen molar-refractivity contribution in [2.24, 2.45) is 0 Å². The van der Waals surface area contributed by atoms with Gasteiger partial charge in [0.1, 0.15) is 0 Å². The van der Waals surface area contributed by atoms with Crippen molar-refractivity contribution < 1.29 is 8.42 Å². The van der Waals surface area contributed by atoms with Gasteiger partial charge >= 0.3 is 0 Å². The van der Waals surface area contributed by atoms with Crippen molar-refractivity contribution in [1.29, 1.82) is 0 Å². The zero-order valence-corrected chi connectivity index (χ0v) is 12.6. The van der Waals surface area contributed by atoms with E-state index >= 15 is 0 Å². The summed E-state index contributed by atoms with van der Waals surface area (Å²) in [5.41, 5.74) is 0.833. The lowest BCUT2D eigenvalue weighted by molar-refractivity contribution is 0.422. The number of hydrogen-bond donors (Lipinski definition) is 1. The van der Waals surface area contributed by atoms with E-state index in [0.29, 0.717) is 4.83 Å². The number of alkyl halides is 1. The van der Waals surface area contributed by atoms with Gasteiger partial charge in [-0.2, -0.15) is 0 Å². The molecular weight excluding hydrogens is 314 g/mol. The minimum Gasteiger partial charge on any atom is -0.212 e. The van der Waals surface area contributed by atoms with Crippen molar-refractivity contribution in [2.75, 3.05) is 0 Å². The molecular formula is C13H18BrNO2S. The molecule has 1 aromatic carbocycles. The van der Waals surface area contributed by atoms with Crippen LogP contribution in [0.2, 0.25) is 0 Å². The van der Waals surface area contributed by atoms with Gasteiger partial charge in [0.05, 0.1) is 5.75 Å². The van der Waals surface area contributed by atoms with E-state index in [2.05, 4.69) is 20.7 Å². The maximum Gasteiger partial charge on any atom is 0.216 e. The zero-order chi connectivity index (χ0) is 13.0. The Balaban J connectivity index is 1.92. The van der Waals surface area contributed by atoms with Crippen molar-refractivity contribution in [1.82, 2.24) is 4.72 Å². The van der Waals surface area contributed by atoms with Crippen molar-refractivity contribution in [2.45, 2.75) is 42.3 Å². The monoisotopic (exact) mass is 331 g/mol. The smallest absolute Gasteiger partial charge is 0.212 e. The highest BCUT2D eigenvalue weighted by Crippen LogP contribution is 2.24. The molecule has 1 aliphatic rings. The van der Waals surface area contributed by atoms with Gasteiger partial charge in [0.15, 0.2) is 0 Å². The second-order valence-electron chi connectivity index (χ2n) is 4.81. The van der Waals surface area contributed by atoms with Gasteiger partial charge in [0.2, 0.25) is 10.0 Å². The summed E-state index contributed by atoms with van der Waals surface area (Å²) in [5.74, 6) is 0.0715. The summed E-state index contributed by atoms with van der Waals surface area (Å²) in [6.07, 6.45) is 3.92. The third-order valence-corrected chi connectivity index (χ3v) is 5.52. The van der Waals surface area contributed by atoms with Crippen LogP contribution < -0.4 is 4.72 Å². The molecule has 0 aliphatic heterocycles. The van der Waals surface area contributed by atoms with Crippen LogP contribution >= 0.6 is 15.9 Å². The average Bonchev–Trinajstić information content (AvgIpc) is 2.32. The fourth-order valence-electron chi connectivity index (χ4n) is 2.26. The first-order chi connectivity index (χ1) is 8.55.